The molecule has 1 aliphatic heterocycles. The Kier molecular flexibility index (Phi) is 7.48. The Morgan fingerprint density at radius 3 is 2.79 bits per heavy atom. The van der Waals surface area contributed by atoms with Gasteiger partial charge in [0.15, 0.2) is 11.0 Å². The van der Waals surface area contributed by atoms with Crippen molar-refractivity contribution >= 4 is 46.8 Å². The van der Waals surface area contributed by atoms with E-state index in [0.29, 0.717) is 39.3 Å². The van der Waals surface area contributed by atoms with Crippen molar-refractivity contribution in [1.82, 2.24) is 30.0 Å². The summed E-state index contributed by atoms with van der Waals surface area (Å²) in [4.78, 5) is 19.4. The summed E-state index contributed by atoms with van der Waals surface area (Å²) in [5, 5.41) is 11.6. The lowest BCUT2D eigenvalue weighted by Crippen LogP contribution is -2.45. The number of allylic oxidation sites excluding steroid dienone is 1. The number of H-pyrrole nitrogens is 1. The summed E-state index contributed by atoms with van der Waals surface area (Å²) in [6, 6.07) is 9.38. The van der Waals surface area contributed by atoms with E-state index < -0.39 is 0 Å². The minimum Gasteiger partial charge on any atom is -0.464 e. The third kappa shape index (κ3) is 6.25. The average Bonchev–Trinajstić information content (AvgIpc) is 3.26. The summed E-state index contributed by atoms with van der Waals surface area (Å²) in [7, 11) is 2.11. The first-order valence-electron chi connectivity index (χ1n) is 10.4. The van der Waals surface area contributed by atoms with Crippen LogP contribution in [0.25, 0.3) is 5.76 Å². The molecule has 1 saturated heterocycles. The normalized spacial score (nSPS) is 14.6. The van der Waals surface area contributed by atoms with E-state index in [1.165, 1.54) is 11.8 Å². The highest BCUT2D eigenvalue weighted by atomic mass is 35.5. The Morgan fingerprint density at radius 1 is 1.21 bits per heavy atom. The zero-order valence-corrected chi connectivity index (χ0v) is 20.0. The first-order chi connectivity index (χ1) is 16.0. The summed E-state index contributed by atoms with van der Waals surface area (Å²) in [5.74, 6) is 2.03. The van der Waals surface area contributed by atoms with Gasteiger partial charge in [0.25, 0.3) is 0 Å². The number of rotatable bonds is 8. The largest absolute Gasteiger partial charge is 0.464 e. The van der Waals surface area contributed by atoms with Crippen molar-refractivity contribution in [1.29, 1.82) is 0 Å². The summed E-state index contributed by atoms with van der Waals surface area (Å²) in [5.41, 5.74) is 0.650. The highest BCUT2D eigenvalue weighted by Crippen LogP contribution is 2.29. The quantitative estimate of drug-likeness (QED) is 0.450. The molecule has 0 unspecified atom stereocenters. The molecular formula is C22H25ClN8OS. The van der Waals surface area contributed by atoms with E-state index in [4.69, 9.17) is 21.3 Å². The van der Waals surface area contributed by atoms with E-state index in [-0.39, 0.29) is 0 Å². The average molecular weight is 485 g/mol. The molecule has 11 heteroatoms. The molecule has 2 aromatic heterocycles. The molecule has 172 valence electrons. The Balaban J connectivity index is 1.59. The van der Waals surface area contributed by atoms with Crippen LogP contribution in [0.15, 0.2) is 59.3 Å². The maximum Gasteiger partial charge on any atom is 0.234 e. The number of halogens is 1. The molecule has 3 heterocycles. The van der Waals surface area contributed by atoms with Gasteiger partial charge in [0.05, 0.1) is 6.26 Å². The first-order valence-corrected chi connectivity index (χ1v) is 11.6. The number of hydrogen-bond acceptors (Lipinski definition) is 9. The second-order valence-electron chi connectivity index (χ2n) is 7.39. The van der Waals surface area contributed by atoms with Crippen molar-refractivity contribution in [2.45, 2.75) is 17.0 Å². The van der Waals surface area contributed by atoms with Crippen LogP contribution in [0.2, 0.25) is 5.02 Å². The van der Waals surface area contributed by atoms with E-state index in [2.05, 4.69) is 48.9 Å². The van der Waals surface area contributed by atoms with Crippen molar-refractivity contribution in [2.24, 2.45) is 0 Å². The number of nitrogens with one attached hydrogen (secondary N) is 2. The van der Waals surface area contributed by atoms with Crippen molar-refractivity contribution in [3.63, 3.8) is 0 Å². The van der Waals surface area contributed by atoms with Crippen LogP contribution in [0.3, 0.4) is 0 Å². The number of anilines is 3. The van der Waals surface area contributed by atoms with E-state index in [1.807, 2.05) is 31.2 Å². The van der Waals surface area contributed by atoms with E-state index in [0.717, 1.165) is 31.1 Å². The Morgan fingerprint density at radius 2 is 2.03 bits per heavy atom. The van der Waals surface area contributed by atoms with Gasteiger partial charge in [0.1, 0.15) is 11.5 Å². The minimum absolute atomic E-state index is 0.404. The van der Waals surface area contributed by atoms with Gasteiger partial charge in [-0.15, -0.1) is 0 Å². The van der Waals surface area contributed by atoms with E-state index >= 15 is 0 Å². The molecule has 3 aromatic rings. The number of ether oxygens (including phenoxy) is 1. The second-order valence-corrected chi connectivity index (χ2v) is 8.87. The van der Waals surface area contributed by atoms with Crippen LogP contribution in [-0.2, 0) is 4.74 Å². The Labute approximate surface area is 201 Å². The molecule has 9 nitrogen and oxygen atoms in total. The van der Waals surface area contributed by atoms with Gasteiger partial charge >= 0.3 is 0 Å². The maximum atomic E-state index is 6.15. The van der Waals surface area contributed by atoms with Crippen LogP contribution in [0, 0.1) is 0 Å². The van der Waals surface area contributed by atoms with Gasteiger partial charge in [-0.05, 0) is 43.9 Å². The maximum absolute atomic E-state index is 6.15. The Bertz CT molecular complexity index is 1140. The third-order valence-corrected chi connectivity index (χ3v) is 5.95. The van der Waals surface area contributed by atoms with Gasteiger partial charge in [-0.2, -0.15) is 20.1 Å². The summed E-state index contributed by atoms with van der Waals surface area (Å²) < 4.78 is 5.40. The predicted octanol–water partition coefficient (Wildman–Crippen LogP) is 4.42. The lowest BCUT2D eigenvalue weighted by molar-refractivity contribution is 0.311. The van der Waals surface area contributed by atoms with Crippen LogP contribution in [0.1, 0.15) is 12.6 Å². The fraction of sp³-hybridized carbons (Fsp3) is 0.273. The molecule has 0 spiro atoms. The zero-order valence-electron chi connectivity index (χ0n) is 18.5. The third-order valence-electron chi connectivity index (χ3n) is 4.86. The van der Waals surface area contributed by atoms with Crippen LogP contribution in [-0.4, -0.2) is 63.3 Å². The molecule has 1 aliphatic rings. The molecule has 0 aliphatic carbocycles. The Hall–Kier alpha value is -3.08. The van der Waals surface area contributed by atoms with E-state index in [9.17, 15) is 0 Å². The van der Waals surface area contributed by atoms with Gasteiger partial charge in [0.2, 0.25) is 11.9 Å². The molecule has 0 radical (unpaired) electrons. The first kappa shape index (κ1) is 23.1. The zero-order chi connectivity index (χ0) is 23.2. The smallest absolute Gasteiger partial charge is 0.234 e. The highest BCUT2D eigenvalue weighted by molar-refractivity contribution is 7.99. The van der Waals surface area contributed by atoms with Crippen LogP contribution < -0.4 is 10.2 Å². The lowest BCUT2D eigenvalue weighted by atomic mass is 10.3. The molecule has 0 bridgehead atoms. The molecule has 0 saturated carbocycles. The molecule has 1 aromatic carbocycles. The molecule has 0 atom stereocenters. The second kappa shape index (κ2) is 10.7. The summed E-state index contributed by atoms with van der Waals surface area (Å²) >= 11 is 7.58. The predicted molar refractivity (Wildman–Crippen MR) is 132 cm³/mol. The number of aromatic amines is 1. The number of benzene rings is 1. The van der Waals surface area contributed by atoms with Crippen molar-refractivity contribution in [3.05, 3.63) is 60.0 Å². The van der Waals surface area contributed by atoms with Gasteiger partial charge in [-0.25, -0.2) is 0 Å². The number of hydrogen-bond donors (Lipinski definition) is 2. The number of piperazine rings is 1. The van der Waals surface area contributed by atoms with Crippen molar-refractivity contribution < 1.29 is 4.74 Å². The molecule has 4 rings (SSSR count). The van der Waals surface area contributed by atoms with Gasteiger partial charge < -0.3 is 19.9 Å². The minimum atomic E-state index is 0.404. The molecule has 1 fully saturated rings. The van der Waals surface area contributed by atoms with Gasteiger partial charge in [-0.3, -0.25) is 5.10 Å². The van der Waals surface area contributed by atoms with Crippen molar-refractivity contribution in [3.8, 4) is 0 Å². The van der Waals surface area contributed by atoms with Crippen LogP contribution in [0.4, 0.5) is 17.7 Å². The summed E-state index contributed by atoms with van der Waals surface area (Å²) in [6.07, 6.45) is 3.34. The number of nitrogens with zero attached hydrogens (tertiary/aromatic N) is 6. The molecular weight excluding hydrogens is 460 g/mol. The fourth-order valence-electron chi connectivity index (χ4n) is 3.09. The SMILES string of the molecule is C=C(O/C=C\C)c1cc(Nc2nc(Sc3cccc(Cl)c3)nc(N3CCN(C)CC3)n2)n[nH]1. The highest BCUT2D eigenvalue weighted by Gasteiger charge is 2.19. The van der Waals surface area contributed by atoms with Crippen LogP contribution >= 0.6 is 23.4 Å². The van der Waals surface area contributed by atoms with Gasteiger partial charge in [0, 0.05) is 42.2 Å². The standard InChI is InChI=1S/C22H25ClN8OS/c1-4-12-32-15(2)18-14-19(29-28-18)24-20-25-21(31-10-8-30(3)9-11-31)27-22(26-20)33-17-7-5-6-16(23)13-17/h4-7,12-14H,2,8-11H2,1,3H3,(H2,24,25,26,27,28,29)/b12-4-. The molecule has 33 heavy (non-hydrogen) atoms. The van der Waals surface area contributed by atoms with E-state index in [1.54, 1.807) is 18.4 Å². The monoisotopic (exact) mass is 484 g/mol. The number of likely N-dealkylation sites (N-methyl/N-ethyl adjacent to an activating group) is 1. The molecule has 0 amide bonds. The van der Waals surface area contributed by atoms with Gasteiger partial charge in [-0.1, -0.05) is 30.3 Å². The van der Waals surface area contributed by atoms with Crippen molar-refractivity contribution in [2.75, 3.05) is 43.4 Å². The number of aromatic nitrogens is 5. The topological polar surface area (TPSA) is 95.1 Å². The lowest BCUT2D eigenvalue weighted by Gasteiger charge is -2.32. The summed E-state index contributed by atoms with van der Waals surface area (Å²) in [6.45, 7) is 9.34. The molecule has 2 N–H and O–H groups in total. The van der Waals surface area contributed by atoms with Crippen LogP contribution in [0.5, 0.6) is 0 Å². The fourth-order valence-corrected chi connectivity index (χ4v) is 4.15.